The molecule has 0 bridgehead atoms. The van der Waals surface area contributed by atoms with Crippen molar-refractivity contribution in [3.8, 4) is 0 Å². The minimum atomic E-state index is -1.92. The van der Waals surface area contributed by atoms with Crippen LogP contribution in [0.1, 0.15) is 22.3 Å². The number of halogens is 1. The van der Waals surface area contributed by atoms with Gasteiger partial charge in [0.25, 0.3) is 5.91 Å². The summed E-state index contributed by atoms with van der Waals surface area (Å²) >= 11 is 6.03. The van der Waals surface area contributed by atoms with E-state index in [0.29, 0.717) is 21.8 Å². The van der Waals surface area contributed by atoms with E-state index in [4.69, 9.17) is 11.6 Å². The molecule has 1 N–H and O–H groups in total. The molecule has 1 aliphatic heterocycles. The third-order valence-electron chi connectivity index (χ3n) is 4.12. The minimum absolute atomic E-state index is 0.245. The van der Waals surface area contributed by atoms with Crippen LogP contribution in [0.5, 0.6) is 0 Å². The summed E-state index contributed by atoms with van der Waals surface area (Å²) in [5, 5.41) is 11.5. The number of nitrogens with zero attached hydrogens (tertiary/aromatic N) is 1. The summed E-state index contributed by atoms with van der Waals surface area (Å²) < 4.78 is 0. The van der Waals surface area contributed by atoms with Crippen molar-refractivity contribution in [1.82, 2.24) is 0 Å². The Labute approximate surface area is 145 Å². The molecule has 5 heteroatoms. The lowest BCUT2D eigenvalue weighted by atomic mass is 9.88. The van der Waals surface area contributed by atoms with Crippen LogP contribution in [0.3, 0.4) is 0 Å². The Morgan fingerprint density at radius 3 is 2.62 bits per heavy atom. The Morgan fingerprint density at radius 2 is 1.96 bits per heavy atom. The van der Waals surface area contributed by atoms with E-state index < -0.39 is 11.5 Å². The first kappa shape index (κ1) is 16.4. The highest BCUT2D eigenvalue weighted by atomic mass is 35.5. The Hall–Kier alpha value is -2.43. The third-order valence-corrected chi connectivity index (χ3v) is 4.35. The normalized spacial score (nSPS) is 19.2. The van der Waals surface area contributed by atoms with E-state index in [1.807, 2.05) is 0 Å². The Morgan fingerprint density at radius 1 is 1.25 bits per heavy atom. The molecule has 1 unspecified atom stereocenters. The molecule has 4 nitrogen and oxygen atoms in total. The summed E-state index contributed by atoms with van der Waals surface area (Å²) in [6.07, 6.45) is 1.23. The van der Waals surface area contributed by atoms with Crippen molar-refractivity contribution >= 4 is 29.0 Å². The van der Waals surface area contributed by atoms with Crippen LogP contribution in [0.4, 0.5) is 5.69 Å². The average molecular weight is 342 g/mol. The van der Waals surface area contributed by atoms with Crippen LogP contribution >= 0.6 is 11.6 Å². The topological polar surface area (TPSA) is 57.6 Å². The molecule has 0 fully saturated rings. The maximum Gasteiger partial charge on any atom is 0.264 e. The lowest BCUT2D eigenvalue weighted by molar-refractivity contribution is -0.135. The van der Waals surface area contributed by atoms with Gasteiger partial charge in [-0.15, -0.1) is 6.58 Å². The quantitative estimate of drug-likeness (QED) is 0.670. The molecule has 1 heterocycles. The zero-order valence-corrected chi connectivity index (χ0v) is 13.7. The van der Waals surface area contributed by atoms with E-state index in [1.165, 1.54) is 11.0 Å². The SMILES string of the molecule is C=CCN1C(=O)C(O)(CC(=O)c2ccccc2)c2cc(Cl)ccc21. The number of anilines is 1. The first-order chi connectivity index (χ1) is 11.5. The molecule has 0 saturated carbocycles. The minimum Gasteiger partial charge on any atom is -0.375 e. The Balaban J connectivity index is 2.03. The van der Waals surface area contributed by atoms with Crippen molar-refractivity contribution in [2.75, 3.05) is 11.4 Å². The second-order valence-electron chi connectivity index (χ2n) is 5.69. The summed E-state index contributed by atoms with van der Waals surface area (Å²) in [5.41, 5.74) is -0.570. The van der Waals surface area contributed by atoms with Gasteiger partial charge in [0.2, 0.25) is 0 Å². The molecule has 2 aromatic rings. The van der Waals surface area contributed by atoms with Crippen LogP contribution < -0.4 is 4.90 Å². The number of hydrogen-bond donors (Lipinski definition) is 1. The molecule has 0 saturated heterocycles. The van der Waals surface area contributed by atoms with Crippen LogP contribution in [-0.4, -0.2) is 23.3 Å². The van der Waals surface area contributed by atoms with Gasteiger partial charge in [-0.1, -0.05) is 48.0 Å². The number of Topliss-reactive ketones (excluding diaryl/α,β-unsaturated/α-hetero) is 1. The van der Waals surface area contributed by atoms with E-state index >= 15 is 0 Å². The zero-order chi connectivity index (χ0) is 17.3. The van der Waals surface area contributed by atoms with Gasteiger partial charge in [0.05, 0.1) is 12.1 Å². The first-order valence-electron chi connectivity index (χ1n) is 7.51. The molecule has 24 heavy (non-hydrogen) atoms. The lowest BCUT2D eigenvalue weighted by Crippen LogP contribution is -2.41. The second-order valence-corrected chi connectivity index (χ2v) is 6.13. The maximum atomic E-state index is 12.8. The molecular weight excluding hydrogens is 326 g/mol. The molecule has 1 aliphatic rings. The van der Waals surface area contributed by atoms with Crippen molar-refractivity contribution in [1.29, 1.82) is 0 Å². The summed E-state index contributed by atoms with van der Waals surface area (Å²) in [6.45, 7) is 3.88. The van der Waals surface area contributed by atoms with E-state index in [1.54, 1.807) is 48.5 Å². The molecule has 122 valence electrons. The van der Waals surface area contributed by atoms with Gasteiger partial charge in [-0.2, -0.15) is 0 Å². The van der Waals surface area contributed by atoms with Crippen LogP contribution in [0.25, 0.3) is 0 Å². The Kier molecular flexibility index (Phi) is 4.26. The van der Waals surface area contributed by atoms with Gasteiger partial charge in [-0.05, 0) is 18.2 Å². The van der Waals surface area contributed by atoms with Crippen LogP contribution in [0, 0.1) is 0 Å². The molecule has 2 aromatic carbocycles. The molecule has 3 rings (SSSR count). The van der Waals surface area contributed by atoms with Crippen molar-refractivity contribution in [2.45, 2.75) is 12.0 Å². The number of hydrogen-bond acceptors (Lipinski definition) is 3. The number of amides is 1. The summed E-state index contributed by atoms with van der Waals surface area (Å²) in [5.74, 6) is -0.846. The lowest BCUT2D eigenvalue weighted by Gasteiger charge is -2.22. The first-order valence-corrected chi connectivity index (χ1v) is 7.88. The number of carbonyl (C=O) groups excluding carboxylic acids is 2. The summed E-state index contributed by atoms with van der Waals surface area (Å²) in [4.78, 5) is 26.7. The van der Waals surface area contributed by atoms with E-state index in [-0.39, 0.29) is 18.7 Å². The van der Waals surface area contributed by atoms with Crippen molar-refractivity contribution in [3.63, 3.8) is 0 Å². The number of rotatable bonds is 5. The van der Waals surface area contributed by atoms with E-state index in [9.17, 15) is 14.7 Å². The van der Waals surface area contributed by atoms with Crippen LogP contribution in [0.2, 0.25) is 5.02 Å². The summed E-state index contributed by atoms with van der Waals surface area (Å²) in [6, 6.07) is 13.4. The van der Waals surface area contributed by atoms with Crippen LogP contribution in [0.15, 0.2) is 61.2 Å². The number of benzene rings is 2. The third kappa shape index (κ3) is 2.64. The fourth-order valence-corrected chi connectivity index (χ4v) is 3.13. The maximum absolute atomic E-state index is 12.8. The van der Waals surface area contributed by atoms with Crippen molar-refractivity contribution in [2.24, 2.45) is 0 Å². The van der Waals surface area contributed by atoms with Gasteiger partial charge < -0.3 is 10.0 Å². The fraction of sp³-hybridized carbons (Fsp3) is 0.158. The number of ketones is 1. The Bertz CT molecular complexity index is 819. The number of carbonyl (C=O) groups is 2. The van der Waals surface area contributed by atoms with E-state index in [0.717, 1.165) is 0 Å². The predicted molar refractivity (Wildman–Crippen MR) is 93.3 cm³/mol. The van der Waals surface area contributed by atoms with Gasteiger partial charge in [-0.3, -0.25) is 9.59 Å². The van der Waals surface area contributed by atoms with Crippen molar-refractivity contribution in [3.05, 3.63) is 77.3 Å². The largest absolute Gasteiger partial charge is 0.375 e. The monoisotopic (exact) mass is 341 g/mol. The molecule has 1 amide bonds. The molecule has 1 atom stereocenters. The van der Waals surface area contributed by atoms with Crippen LogP contribution in [-0.2, 0) is 10.4 Å². The number of fused-ring (bicyclic) bond motifs is 1. The molecule has 0 aliphatic carbocycles. The molecular formula is C19H16ClNO3. The van der Waals surface area contributed by atoms with Gasteiger partial charge in [0.1, 0.15) is 0 Å². The predicted octanol–water partition coefficient (Wildman–Crippen LogP) is 3.33. The molecule has 0 radical (unpaired) electrons. The van der Waals surface area contributed by atoms with E-state index in [2.05, 4.69) is 6.58 Å². The standard InChI is InChI=1S/C19H16ClNO3/c1-2-10-21-16-9-8-14(20)11-15(16)19(24,18(21)23)12-17(22)13-6-4-3-5-7-13/h2-9,11,24H,1,10,12H2. The van der Waals surface area contributed by atoms with Gasteiger partial charge >= 0.3 is 0 Å². The number of aliphatic hydroxyl groups is 1. The molecule has 0 aromatic heterocycles. The van der Waals surface area contributed by atoms with Gasteiger partial charge in [0.15, 0.2) is 11.4 Å². The highest BCUT2D eigenvalue weighted by Crippen LogP contribution is 2.44. The zero-order valence-electron chi connectivity index (χ0n) is 12.9. The highest BCUT2D eigenvalue weighted by Gasteiger charge is 2.50. The van der Waals surface area contributed by atoms with Gasteiger partial charge in [-0.25, -0.2) is 0 Å². The fourth-order valence-electron chi connectivity index (χ4n) is 2.96. The van der Waals surface area contributed by atoms with Gasteiger partial charge in [0, 0.05) is 22.7 Å². The average Bonchev–Trinajstić information content (AvgIpc) is 2.78. The smallest absolute Gasteiger partial charge is 0.264 e. The second kappa shape index (κ2) is 6.23. The highest BCUT2D eigenvalue weighted by molar-refractivity contribution is 6.31. The summed E-state index contributed by atoms with van der Waals surface area (Å²) in [7, 11) is 0. The molecule has 0 spiro atoms. The van der Waals surface area contributed by atoms with Crippen molar-refractivity contribution < 1.29 is 14.7 Å².